The van der Waals surface area contributed by atoms with Gasteiger partial charge in [-0.1, -0.05) is 6.07 Å². The van der Waals surface area contributed by atoms with Gasteiger partial charge in [0, 0.05) is 30.6 Å². The molecule has 1 aromatic rings. The molecule has 0 aromatic carbocycles. The van der Waals surface area contributed by atoms with Crippen LogP contribution >= 0.6 is 11.3 Å². The number of thiophene rings is 1. The first-order chi connectivity index (χ1) is 11.7. The van der Waals surface area contributed by atoms with Gasteiger partial charge in [-0.05, 0) is 44.1 Å². The number of carbonyl (C=O) groups is 2. The largest absolute Gasteiger partial charge is 0.466 e. The number of nitrogens with zero attached hydrogens (tertiary/aromatic N) is 2. The van der Waals surface area contributed by atoms with Crippen LogP contribution in [0.3, 0.4) is 0 Å². The molecule has 132 valence electrons. The molecule has 1 amide bonds. The highest BCUT2D eigenvalue weighted by Gasteiger charge is 2.34. The van der Waals surface area contributed by atoms with Crippen LogP contribution in [0.15, 0.2) is 17.5 Å². The third kappa shape index (κ3) is 4.57. The molecule has 1 saturated heterocycles. The van der Waals surface area contributed by atoms with Gasteiger partial charge in [0.05, 0.1) is 19.1 Å². The van der Waals surface area contributed by atoms with Gasteiger partial charge in [-0.2, -0.15) is 0 Å². The summed E-state index contributed by atoms with van der Waals surface area (Å²) in [6.45, 7) is 4.80. The Morgan fingerprint density at radius 3 is 2.88 bits per heavy atom. The van der Waals surface area contributed by atoms with E-state index in [1.54, 1.807) is 11.3 Å². The highest BCUT2D eigenvalue weighted by atomic mass is 32.1. The zero-order valence-electron chi connectivity index (χ0n) is 14.3. The van der Waals surface area contributed by atoms with Gasteiger partial charge >= 0.3 is 5.97 Å². The summed E-state index contributed by atoms with van der Waals surface area (Å²) in [6, 6.07) is 4.73. The normalized spacial score (nSPS) is 21.1. The molecule has 1 saturated carbocycles. The molecule has 2 heterocycles. The predicted octanol–water partition coefficient (Wildman–Crippen LogP) is 2.51. The van der Waals surface area contributed by atoms with E-state index in [1.807, 2.05) is 11.8 Å². The number of likely N-dealkylation sites (tertiary alicyclic amines) is 1. The van der Waals surface area contributed by atoms with E-state index in [-0.39, 0.29) is 17.8 Å². The van der Waals surface area contributed by atoms with E-state index in [9.17, 15) is 9.59 Å². The Bertz CT molecular complexity index is 557. The van der Waals surface area contributed by atoms with Gasteiger partial charge in [-0.25, -0.2) is 0 Å². The molecular weight excluding hydrogens is 324 g/mol. The maximum absolute atomic E-state index is 12.7. The molecule has 1 atom stereocenters. The number of carbonyl (C=O) groups excluding carboxylic acids is 2. The number of hydrogen-bond acceptors (Lipinski definition) is 5. The summed E-state index contributed by atoms with van der Waals surface area (Å²) in [7, 11) is 0. The minimum Gasteiger partial charge on any atom is -0.466 e. The molecule has 2 fully saturated rings. The van der Waals surface area contributed by atoms with Gasteiger partial charge in [-0.15, -0.1) is 11.3 Å². The molecule has 0 radical (unpaired) electrons. The zero-order chi connectivity index (χ0) is 16.9. The summed E-state index contributed by atoms with van der Waals surface area (Å²) < 4.78 is 5.12. The Hall–Kier alpha value is -1.40. The predicted molar refractivity (Wildman–Crippen MR) is 93.7 cm³/mol. The highest BCUT2D eigenvalue weighted by molar-refractivity contribution is 7.09. The molecule has 1 aromatic heterocycles. The van der Waals surface area contributed by atoms with Crippen molar-refractivity contribution in [1.29, 1.82) is 0 Å². The second-order valence-electron chi connectivity index (χ2n) is 6.65. The van der Waals surface area contributed by atoms with Gasteiger partial charge in [-0.3, -0.25) is 14.5 Å². The van der Waals surface area contributed by atoms with Crippen LogP contribution < -0.4 is 0 Å². The molecule has 1 aliphatic heterocycles. The molecule has 2 aliphatic rings. The van der Waals surface area contributed by atoms with Crippen LogP contribution in [0.5, 0.6) is 0 Å². The maximum atomic E-state index is 12.7. The average molecular weight is 350 g/mol. The van der Waals surface area contributed by atoms with Crippen LogP contribution in [0, 0.1) is 5.92 Å². The van der Waals surface area contributed by atoms with Crippen LogP contribution in [0.1, 0.15) is 37.5 Å². The third-order valence-electron chi connectivity index (χ3n) is 4.73. The fraction of sp³-hybridized carbons (Fsp3) is 0.667. The number of amides is 1. The van der Waals surface area contributed by atoms with E-state index < -0.39 is 0 Å². The van der Waals surface area contributed by atoms with Crippen LogP contribution in [0.4, 0.5) is 0 Å². The first-order valence-corrected chi connectivity index (χ1v) is 9.76. The topological polar surface area (TPSA) is 49.9 Å². The fourth-order valence-electron chi connectivity index (χ4n) is 3.29. The number of esters is 1. The van der Waals surface area contributed by atoms with Crippen molar-refractivity contribution in [2.45, 2.75) is 45.2 Å². The van der Waals surface area contributed by atoms with E-state index in [0.29, 0.717) is 25.7 Å². The number of piperidine rings is 1. The van der Waals surface area contributed by atoms with Gasteiger partial charge in [0.2, 0.25) is 5.91 Å². The lowest BCUT2D eigenvalue weighted by Gasteiger charge is -2.33. The summed E-state index contributed by atoms with van der Waals surface area (Å²) in [6.07, 6.45) is 4.07. The van der Waals surface area contributed by atoms with E-state index in [2.05, 4.69) is 22.4 Å². The SMILES string of the molecule is CCOC(=O)C1CCCN(C(=O)CN(Cc2cccs2)C2CC2)C1. The second-order valence-corrected chi connectivity index (χ2v) is 7.68. The summed E-state index contributed by atoms with van der Waals surface area (Å²) in [5, 5.41) is 2.08. The molecule has 1 aliphatic carbocycles. The number of rotatable bonds is 7. The van der Waals surface area contributed by atoms with Crippen molar-refractivity contribution in [2.24, 2.45) is 5.92 Å². The van der Waals surface area contributed by atoms with Crippen LogP contribution in [0.25, 0.3) is 0 Å². The minimum absolute atomic E-state index is 0.146. The molecule has 1 unspecified atom stereocenters. The summed E-state index contributed by atoms with van der Waals surface area (Å²) in [5.74, 6) is -0.172. The van der Waals surface area contributed by atoms with Gasteiger partial charge in [0.1, 0.15) is 0 Å². The maximum Gasteiger partial charge on any atom is 0.310 e. The van der Waals surface area contributed by atoms with Crippen molar-refractivity contribution in [3.63, 3.8) is 0 Å². The minimum atomic E-state index is -0.160. The van der Waals surface area contributed by atoms with Gasteiger partial charge in [0.15, 0.2) is 0 Å². The monoisotopic (exact) mass is 350 g/mol. The van der Waals surface area contributed by atoms with Crippen molar-refractivity contribution < 1.29 is 14.3 Å². The first kappa shape index (κ1) is 17.4. The molecular formula is C18H26N2O3S. The van der Waals surface area contributed by atoms with E-state index in [1.165, 1.54) is 17.7 Å². The Kier molecular flexibility index (Phi) is 5.89. The van der Waals surface area contributed by atoms with E-state index in [4.69, 9.17) is 4.74 Å². The lowest BCUT2D eigenvalue weighted by atomic mass is 9.98. The van der Waals surface area contributed by atoms with Crippen LogP contribution in [0.2, 0.25) is 0 Å². The van der Waals surface area contributed by atoms with Crippen molar-refractivity contribution in [1.82, 2.24) is 9.80 Å². The van der Waals surface area contributed by atoms with Gasteiger partial charge < -0.3 is 9.64 Å². The molecule has 0 bridgehead atoms. The zero-order valence-corrected chi connectivity index (χ0v) is 15.1. The smallest absolute Gasteiger partial charge is 0.310 e. The second kappa shape index (κ2) is 8.12. The Morgan fingerprint density at radius 2 is 2.21 bits per heavy atom. The molecule has 6 heteroatoms. The number of ether oxygens (including phenoxy) is 1. The van der Waals surface area contributed by atoms with E-state index in [0.717, 1.165) is 25.9 Å². The molecule has 0 spiro atoms. The summed E-state index contributed by atoms with van der Waals surface area (Å²) in [5.41, 5.74) is 0. The third-order valence-corrected chi connectivity index (χ3v) is 5.60. The molecule has 5 nitrogen and oxygen atoms in total. The first-order valence-electron chi connectivity index (χ1n) is 8.88. The van der Waals surface area contributed by atoms with Crippen molar-refractivity contribution in [3.8, 4) is 0 Å². The van der Waals surface area contributed by atoms with E-state index >= 15 is 0 Å². The molecule has 24 heavy (non-hydrogen) atoms. The average Bonchev–Trinajstić information content (AvgIpc) is 3.32. The Morgan fingerprint density at radius 1 is 1.38 bits per heavy atom. The summed E-state index contributed by atoms with van der Waals surface area (Å²) >= 11 is 1.74. The summed E-state index contributed by atoms with van der Waals surface area (Å²) in [4.78, 5) is 30.1. The highest BCUT2D eigenvalue weighted by Crippen LogP contribution is 2.29. The lowest BCUT2D eigenvalue weighted by molar-refractivity contribution is -0.151. The quantitative estimate of drug-likeness (QED) is 0.709. The van der Waals surface area contributed by atoms with Crippen LogP contribution in [-0.4, -0.2) is 54.0 Å². The van der Waals surface area contributed by atoms with Gasteiger partial charge in [0.25, 0.3) is 0 Å². The van der Waals surface area contributed by atoms with Crippen molar-refractivity contribution in [3.05, 3.63) is 22.4 Å². The Labute approximate surface area is 147 Å². The number of hydrogen-bond donors (Lipinski definition) is 0. The Balaban J connectivity index is 1.55. The lowest BCUT2D eigenvalue weighted by Crippen LogP contribution is -2.47. The van der Waals surface area contributed by atoms with Crippen LogP contribution in [-0.2, 0) is 20.9 Å². The van der Waals surface area contributed by atoms with Crippen molar-refractivity contribution >= 4 is 23.2 Å². The molecule has 0 N–H and O–H groups in total. The molecule has 3 rings (SSSR count). The fourth-order valence-corrected chi connectivity index (χ4v) is 4.02. The van der Waals surface area contributed by atoms with Crippen molar-refractivity contribution in [2.75, 3.05) is 26.2 Å². The standard InChI is InChI=1S/C18H26N2O3S/c1-2-23-18(22)14-5-3-9-19(11-14)17(21)13-20(15-7-8-15)12-16-6-4-10-24-16/h4,6,10,14-15H,2-3,5,7-9,11-13H2,1H3.